The van der Waals surface area contributed by atoms with Crippen LogP contribution in [0.25, 0.3) is 11.5 Å². The molecule has 2 aromatic carbocycles. The SMILES string of the molecule is C1=C(N(Cc2ccccc2)c2nnc(-c3cccnc3NCc3ccc4c(c3)CCO4)o2)OCO1. The molecule has 9 heteroatoms. The summed E-state index contributed by atoms with van der Waals surface area (Å²) in [7, 11) is 0. The Hall–Kier alpha value is -4.53. The van der Waals surface area contributed by atoms with E-state index in [4.69, 9.17) is 18.6 Å². The summed E-state index contributed by atoms with van der Waals surface area (Å²) in [6.45, 7) is 1.98. The van der Waals surface area contributed by atoms with Crippen molar-refractivity contribution in [1.82, 2.24) is 15.2 Å². The maximum absolute atomic E-state index is 6.10. The summed E-state index contributed by atoms with van der Waals surface area (Å²) in [5.41, 5.74) is 4.16. The number of aromatic nitrogens is 3. The van der Waals surface area contributed by atoms with Gasteiger partial charge in [-0.2, -0.15) is 0 Å². The molecular formula is C26H23N5O4. The molecule has 0 bridgehead atoms. The highest BCUT2D eigenvalue weighted by Gasteiger charge is 2.25. The van der Waals surface area contributed by atoms with Crippen molar-refractivity contribution in [3.63, 3.8) is 0 Å². The fourth-order valence-electron chi connectivity index (χ4n) is 4.07. The van der Waals surface area contributed by atoms with Gasteiger partial charge in [0, 0.05) is 19.2 Å². The number of ether oxygens (including phenoxy) is 3. The number of benzene rings is 2. The third-order valence-electron chi connectivity index (χ3n) is 5.81. The molecule has 6 rings (SSSR count). The molecule has 0 atom stereocenters. The van der Waals surface area contributed by atoms with E-state index in [-0.39, 0.29) is 6.79 Å². The quantitative estimate of drug-likeness (QED) is 0.400. The highest BCUT2D eigenvalue weighted by Crippen LogP contribution is 2.31. The minimum atomic E-state index is 0.146. The third kappa shape index (κ3) is 4.48. The molecule has 35 heavy (non-hydrogen) atoms. The van der Waals surface area contributed by atoms with Crippen molar-refractivity contribution in [2.75, 3.05) is 23.6 Å². The van der Waals surface area contributed by atoms with E-state index < -0.39 is 0 Å². The van der Waals surface area contributed by atoms with Gasteiger partial charge in [0.1, 0.15) is 17.8 Å². The van der Waals surface area contributed by atoms with Gasteiger partial charge in [-0.15, -0.1) is 5.10 Å². The molecule has 1 N–H and O–H groups in total. The Morgan fingerprint density at radius 2 is 1.89 bits per heavy atom. The standard InChI is InChI=1S/C26H23N5O4/c1-2-5-18(6-3-1)15-31(23-16-32-17-34-23)26-30-29-25(35-26)21-7-4-11-27-24(21)28-14-19-8-9-22-20(13-19)10-12-33-22/h1-9,11,13,16H,10,12,14-15,17H2,(H,27,28). The van der Waals surface area contributed by atoms with E-state index in [9.17, 15) is 0 Å². The summed E-state index contributed by atoms with van der Waals surface area (Å²) in [6, 6.07) is 20.3. The van der Waals surface area contributed by atoms with Gasteiger partial charge in [-0.05, 0) is 34.9 Å². The van der Waals surface area contributed by atoms with Crippen LogP contribution in [-0.4, -0.2) is 28.6 Å². The predicted octanol–water partition coefficient (Wildman–Crippen LogP) is 4.49. The van der Waals surface area contributed by atoms with Crippen LogP contribution >= 0.6 is 0 Å². The van der Waals surface area contributed by atoms with Gasteiger partial charge in [-0.25, -0.2) is 4.98 Å². The van der Waals surface area contributed by atoms with Crippen LogP contribution < -0.4 is 15.0 Å². The molecule has 2 aliphatic rings. The van der Waals surface area contributed by atoms with Gasteiger partial charge >= 0.3 is 6.01 Å². The van der Waals surface area contributed by atoms with Gasteiger partial charge in [-0.1, -0.05) is 47.6 Å². The van der Waals surface area contributed by atoms with Crippen LogP contribution in [0.1, 0.15) is 16.7 Å². The molecule has 0 spiro atoms. The molecule has 2 aromatic heterocycles. The molecule has 0 unspecified atom stereocenters. The fraction of sp³-hybridized carbons (Fsp3) is 0.192. The van der Waals surface area contributed by atoms with Crippen molar-refractivity contribution in [2.45, 2.75) is 19.5 Å². The number of anilines is 2. The summed E-state index contributed by atoms with van der Waals surface area (Å²) in [6.07, 6.45) is 4.22. The van der Waals surface area contributed by atoms with E-state index in [2.05, 4.69) is 32.6 Å². The first kappa shape index (κ1) is 21.0. The largest absolute Gasteiger partial charge is 0.493 e. The summed E-state index contributed by atoms with van der Waals surface area (Å²) >= 11 is 0. The van der Waals surface area contributed by atoms with Crippen molar-refractivity contribution in [2.24, 2.45) is 0 Å². The van der Waals surface area contributed by atoms with Gasteiger partial charge in [0.15, 0.2) is 0 Å². The highest BCUT2D eigenvalue weighted by molar-refractivity contribution is 5.69. The predicted molar refractivity (Wildman–Crippen MR) is 128 cm³/mol. The second-order valence-corrected chi connectivity index (χ2v) is 8.14. The molecule has 0 amide bonds. The molecule has 176 valence electrons. The van der Waals surface area contributed by atoms with Crippen molar-refractivity contribution in [3.05, 3.63) is 95.7 Å². The molecule has 2 aliphatic heterocycles. The van der Waals surface area contributed by atoms with Crippen molar-refractivity contribution >= 4 is 11.8 Å². The number of hydrogen-bond acceptors (Lipinski definition) is 9. The first-order valence-electron chi connectivity index (χ1n) is 11.4. The first-order chi connectivity index (χ1) is 17.3. The number of hydrogen-bond donors (Lipinski definition) is 1. The lowest BCUT2D eigenvalue weighted by Gasteiger charge is -2.19. The minimum Gasteiger partial charge on any atom is -0.493 e. The smallest absolute Gasteiger partial charge is 0.325 e. The van der Waals surface area contributed by atoms with Crippen molar-refractivity contribution < 1.29 is 18.6 Å². The first-order valence-corrected chi connectivity index (χ1v) is 11.4. The molecule has 4 aromatic rings. The molecule has 0 aliphatic carbocycles. The highest BCUT2D eigenvalue weighted by atomic mass is 16.7. The average molecular weight is 470 g/mol. The lowest BCUT2D eigenvalue weighted by molar-refractivity contribution is 0.0776. The molecule has 0 radical (unpaired) electrons. The maximum Gasteiger partial charge on any atom is 0.325 e. The number of pyridine rings is 1. The summed E-state index contributed by atoms with van der Waals surface area (Å²) in [5.74, 6) is 2.50. The van der Waals surface area contributed by atoms with Crippen molar-refractivity contribution in [3.8, 4) is 17.2 Å². The van der Waals surface area contributed by atoms with Crippen LogP contribution in [0.3, 0.4) is 0 Å². The molecule has 9 nitrogen and oxygen atoms in total. The zero-order chi connectivity index (χ0) is 23.5. The van der Waals surface area contributed by atoms with E-state index in [1.165, 1.54) is 5.56 Å². The van der Waals surface area contributed by atoms with E-state index >= 15 is 0 Å². The van der Waals surface area contributed by atoms with Crippen LogP contribution in [0.4, 0.5) is 11.8 Å². The topological polar surface area (TPSA) is 94.8 Å². The normalized spacial score (nSPS) is 13.9. The van der Waals surface area contributed by atoms with Gasteiger partial charge in [0.05, 0.1) is 18.7 Å². The number of nitrogens with zero attached hydrogens (tertiary/aromatic N) is 4. The Labute approximate surface area is 202 Å². The van der Waals surface area contributed by atoms with Gasteiger partial charge < -0.3 is 23.9 Å². The molecular weight excluding hydrogens is 446 g/mol. The van der Waals surface area contributed by atoms with Gasteiger partial charge in [-0.3, -0.25) is 4.90 Å². The van der Waals surface area contributed by atoms with E-state index in [1.807, 2.05) is 48.5 Å². The fourth-order valence-corrected chi connectivity index (χ4v) is 4.07. The van der Waals surface area contributed by atoms with Crippen LogP contribution in [-0.2, 0) is 29.0 Å². The van der Waals surface area contributed by atoms with E-state index in [0.717, 1.165) is 29.9 Å². The van der Waals surface area contributed by atoms with Gasteiger partial charge in [0.25, 0.3) is 5.89 Å². The summed E-state index contributed by atoms with van der Waals surface area (Å²) < 4.78 is 22.6. The molecule has 0 saturated carbocycles. The van der Waals surface area contributed by atoms with Crippen LogP contribution in [0.15, 0.2) is 83.4 Å². The van der Waals surface area contributed by atoms with Crippen LogP contribution in [0.2, 0.25) is 0 Å². The van der Waals surface area contributed by atoms with Gasteiger partial charge in [0.2, 0.25) is 12.7 Å². The Kier molecular flexibility index (Phi) is 5.64. The monoisotopic (exact) mass is 469 g/mol. The van der Waals surface area contributed by atoms with Crippen molar-refractivity contribution in [1.29, 1.82) is 0 Å². The molecule has 4 heterocycles. The maximum atomic E-state index is 6.10. The second-order valence-electron chi connectivity index (χ2n) is 8.14. The van der Waals surface area contributed by atoms with E-state index in [0.29, 0.717) is 42.3 Å². The Bertz CT molecular complexity index is 1350. The zero-order valence-corrected chi connectivity index (χ0v) is 18.9. The summed E-state index contributed by atoms with van der Waals surface area (Å²) in [5, 5.41) is 12.0. The van der Waals surface area contributed by atoms with Crippen LogP contribution in [0.5, 0.6) is 5.75 Å². The Balaban J connectivity index is 1.24. The molecule has 0 fully saturated rings. The number of rotatable bonds is 8. The lowest BCUT2D eigenvalue weighted by Crippen LogP contribution is -2.22. The zero-order valence-electron chi connectivity index (χ0n) is 18.9. The lowest BCUT2D eigenvalue weighted by atomic mass is 10.1. The second kappa shape index (κ2) is 9.38. The molecule has 0 saturated heterocycles. The average Bonchev–Trinajstić information content (AvgIpc) is 3.69. The Morgan fingerprint density at radius 3 is 2.77 bits per heavy atom. The van der Waals surface area contributed by atoms with Crippen LogP contribution in [0, 0.1) is 0 Å². The minimum absolute atomic E-state index is 0.146. The number of nitrogens with one attached hydrogen (secondary N) is 1. The Morgan fingerprint density at radius 1 is 0.943 bits per heavy atom. The third-order valence-corrected chi connectivity index (χ3v) is 5.81. The van der Waals surface area contributed by atoms with E-state index in [1.54, 1.807) is 17.4 Å². The summed E-state index contributed by atoms with van der Waals surface area (Å²) in [4.78, 5) is 6.30. The number of fused-ring (bicyclic) bond motifs is 1.